The van der Waals surface area contributed by atoms with Crippen molar-refractivity contribution in [2.75, 3.05) is 14.1 Å². The maximum absolute atomic E-state index is 12.4. The maximum Gasteiger partial charge on any atom is 0.284 e. The van der Waals surface area contributed by atoms with E-state index in [0.29, 0.717) is 5.56 Å². The highest BCUT2D eigenvalue weighted by atomic mass is 32.2. The Labute approximate surface area is 132 Å². The van der Waals surface area contributed by atoms with Crippen LogP contribution in [0.4, 0.5) is 0 Å². The van der Waals surface area contributed by atoms with Crippen molar-refractivity contribution in [3.8, 4) is 11.1 Å². The summed E-state index contributed by atoms with van der Waals surface area (Å²) in [5.41, 5.74) is 2.76. The summed E-state index contributed by atoms with van der Waals surface area (Å²) in [5.74, 6) is 0. The van der Waals surface area contributed by atoms with Crippen LogP contribution in [-0.4, -0.2) is 33.8 Å². The van der Waals surface area contributed by atoms with E-state index in [-0.39, 0.29) is 4.90 Å². The lowest BCUT2D eigenvalue weighted by Gasteiger charge is -2.09. The summed E-state index contributed by atoms with van der Waals surface area (Å²) in [5, 5.41) is 0. The van der Waals surface area contributed by atoms with Crippen molar-refractivity contribution in [1.82, 2.24) is 4.90 Å². The molecule has 0 saturated carbocycles. The zero-order valence-electron chi connectivity index (χ0n) is 13.0. The second-order valence-electron chi connectivity index (χ2n) is 5.21. The monoisotopic (exact) mass is 316 g/mol. The Morgan fingerprint density at radius 1 is 1.05 bits per heavy atom. The van der Waals surface area contributed by atoms with Crippen molar-refractivity contribution in [2.24, 2.45) is 4.40 Å². The summed E-state index contributed by atoms with van der Waals surface area (Å²) in [6, 6.07) is 14.9. The molecule has 2 aromatic carbocycles. The van der Waals surface area contributed by atoms with E-state index in [1.54, 1.807) is 37.2 Å². The number of hydrogen-bond donors (Lipinski definition) is 0. The number of rotatable bonds is 5. The normalized spacial score (nSPS) is 11.8. The summed E-state index contributed by atoms with van der Waals surface area (Å²) in [4.78, 5) is 1.81. The molecule has 4 nitrogen and oxygen atoms in total. The average Bonchev–Trinajstić information content (AvgIpc) is 2.53. The summed E-state index contributed by atoms with van der Waals surface area (Å²) in [6.07, 6.45) is 2.25. The molecule has 0 atom stereocenters. The first-order valence-electron chi connectivity index (χ1n) is 7.09. The number of hydrogen-bond acceptors (Lipinski definition) is 2. The van der Waals surface area contributed by atoms with Crippen LogP contribution in [0.2, 0.25) is 0 Å². The van der Waals surface area contributed by atoms with Gasteiger partial charge in [-0.25, -0.2) is 0 Å². The molecule has 0 radical (unpaired) electrons. The smallest absolute Gasteiger partial charge is 0.284 e. The fraction of sp³-hybridized carbons (Fsp3) is 0.235. The Morgan fingerprint density at radius 2 is 1.68 bits per heavy atom. The quantitative estimate of drug-likeness (QED) is 0.629. The largest absolute Gasteiger partial charge is 0.368 e. The molecule has 0 amide bonds. The Morgan fingerprint density at radius 3 is 2.27 bits per heavy atom. The highest BCUT2D eigenvalue weighted by molar-refractivity contribution is 7.90. The van der Waals surface area contributed by atoms with Crippen LogP contribution in [0, 0.1) is 0 Å². The van der Waals surface area contributed by atoms with Gasteiger partial charge in [0.25, 0.3) is 10.0 Å². The van der Waals surface area contributed by atoms with Crippen molar-refractivity contribution in [3.63, 3.8) is 0 Å². The third kappa shape index (κ3) is 3.74. The zero-order chi connectivity index (χ0) is 16.2. The van der Waals surface area contributed by atoms with Crippen LogP contribution in [0.3, 0.4) is 0 Å². The van der Waals surface area contributed by atoms with Crippen LogP contribution in [0.1, 0.15) is 12.5 Å². The van der Waals surface area contributed by atoms with Crippen molar-refractivity contribution >= 4 is 16.4 Å². The fourth-order valence-corrected chi connectivity index (χ4v) is 3.20. The van der Waals surface area contributed by atoms with E-state index in [9.17, 15) is 8.42 Å². The third-order valence-electron chi connectivity index (χ3n) is 3.26. The first-order chi connectivity index (χ1) is 10.4. The maximum atomic E-state index is 12.4. The molecule has 0 bridgehead atoms. The first kappa shape index (κ1) is 16.2. The van der Waals surface area contributed by atoms with Gasteiger partial charge in [0.1, 0.15) is 6.34 Å². The lowest BCUT2D eigenvalue weighted by Crippen LogP contribution is -2.10. The molecule has 0 aliphatic rings. The Hall–Kier alpha value is -2.14. The van der Waals surface area contributed by atoms with E-state index in [1.165, 1.54) is 11.9 Å². The number of nitrogens with zero attached hydrogens (tertiary/aromatic N) is 2. The molecule has 0 spiro atoms. The molecule has 0 aromatic heterocycles. The van der Waals surface area contributed by atoms with Crippen LogP contribution < -0.4 is 0 Å². The molecule has 22 heavy (non-hydrogen) atoms. The van der Waals surface area contributed by atoms with Crippen molar-refractivity contribution in [1.29, 1.82) is 0 Å². The highest BCUT2D eigenvalue weighted by Gasteiger charge is 2.17. The van der Waals surface area contributed by atoms with E-state index in [4.69, 9.17) is 0 Å². The number of aryl methyl sites for hydroxylation is 1. The lowest BCUT2D eigenvalue weighted by atomic mass is 10.0. The van der Waals surface area contributed by atoms with Crippen molar-refractivity contribution in [2.45, 2.75) is 18.2 Å². The molecule has 0 aliphatic carbocycles. The minimum absolute atomic E-state index is 0.220. The van der Waals surface area contributed by atoms with Crippen LogP contribution in [0.25, 0.3) is 11.1 Å². The highest BCUT2D eigenvalue weighted by Crippen LogP contribution is 2.28. The molecule has 5 heteroatoms. The molecular weight excluding hydrogens is 296 g/mol. The molecular formula is C17H20N2O2S. The summed E-state index contributed by atoms with van der Waals surface area (Å²) < 4.78 is 28.6. The Kier molecular flexibility index (Phi) is 4.98. The number of benzene rings is 2. The third-order valence-corrected chi connectivity index (χ3v) is 4.54. The summed E-state index contributed by atoms with van der Waals surface area (Å²) in [7, 11) is -0.261. The van der Waals surface area contributed by atoms with Gasteiger partial charge in [0.05, 0.1) is 4.90 Å². The summed E-state index contributed by atoms with van der Waals surface area (Å²) in [6.45, 7) is 2.09. The molecule has 0 fully saturated rings. The molecule has 0 saturated heterocycles. The van der Waals surface area contributed by atoms with Gasteiger partial charge < -0.3 is 4.90 Å². The van der Waals surface area contributed by atoms with Gasteiger partial charge in [-0.2, -0.15) is 8.42 Å². The SMILES string of the molecule is CCc1ccc(-c2ccccc2S(=O)(=O)N=CN(C)C)cc1. The summed E-state index contributed by atoms with van der Waals surface area (Å²) >= 11 is 0. The van der Waals surface area contributed by atoms with Gasteiger partial charge in [0, 0.05) is 19.7 Å². The van der Waals surface area contributed by atoms with Gasteiger partial charge in [-0.1, -0.05) is 49.4 Å². The topological polar surface area (TPSA) is 49.7 Å². The second-order valence-corrected chi connectivity index (χ2v) is 6.81. The molecule has 0 heterocycles. The van der Waals surface area contributed by atoms with Gasteiger partial charge in [0.15, 0.2) is 0 Å². The van der Waals surface area contributed by atoms with Gasteiger partial charge in [-0.3, -0.25) is 0 Å². The van der Waals surface area contributed by atoms with E-state index < -0.39 is 10.0 Å². The molecule has 2 aromatic rings. The lowest BCUT2D eigenvalue weighted by molar-refractivity contribution is 0.595. The van der Waals surface area contributed by atoms with Gasteiger partial charge in [-0.15, -0.1) is 4.40 Å². The predicted molar refractivity (Wildman–Crippen MR) is 90.6 cm³/mol. The molecule has 0 N–H and O–H groups in total. The first-order valence-corrected chi connectivity index (χ1v) is 8.53. The van der Waals surface area contributed by atoms with Crippen LogP contribution in [0.5, 0.6) is 0 Å². The number of sulfonamides is 1. The van der Waals surface area contributed by atoms with Crippen LogP contribution in [-0.2, 0) is 16.4 Å². The average molecular weight is 316 g/mol. The van der Waals surface area contributed by atoms with E-state index in [2.05, 4.69) is 11.3 Å². The van der Waals surface area contributed by atoms with E-state index in [1.807, 2.05) is 30.3 Å². The van der Waals surface area contributed by atoms with Gasteiger partial charge in [0.2, 0.25) is 0 Å². The predicted octanol–water partition coefficient (Wildman–Crippen LogP) is 3.19. The van der Waals surface area contributed by atoms with Crippen molar-refractivity contribution < 1.29 is 8.42 Å². The Balaban J connectivity index is 2.50. The zero-order valence-corrected chi connectivity index (χ0v) is 13.8. The fourth-order valence-electron chi connectivity index (χ4n) is 2.06. The van der Waals surface area contributed by atoms with Gasteiger partial charge >= 0.3 is 0 Å². The van der Waals surface area contributed by atoms with E-state index >= 15 is 0 Å². The Bertz CT molecular complexity index is 764. The molecule has 0 aliphatic heterocycles. The second kappa shape index (κ2) is 6.75. The van der Waals surface area contributed by atoms with Crippen LogP contribution in [0.15, 0.2) is 57.8 Å². The van der Waals surface area contributed by atoms with Gasteiger partial charge in [-0.05, 0) is 23.6 Å². The molecule has 2 rings (SSSR count). The standard InChI is InChI=1S/C17H20N2O2S/c1-4-14-9-11-15(12-10-14)16-7-5-6-8-17(16)22(20,21)18-13-19(2)3/h5-13H,4H2,1-3H3. The molecule has 116 valence electrons. The van der Waals surface area contributed by atoms with Crippen LogP contribution >= 0.6 is 0 Å². The van der Waals surface area contributed by atoms with E-state index in [0.717, 1.165) is 12.0 Å². The minimum atomic E-state index is -3.72. The van der Waals surface area contributed by atoms with Crippen molar-refractivity contribution in [3.05, 3.63) is 54.1 Å². The minimum Gasteiger partial charge on any atom is -0.368 e. The molecule has 0 unspecified atom stereocenters.